The maximum atomic E-state index is 13.4. The second-order valence-corrected chi connectivity index (χ2v) is 3.98. The first-order valence-electron chi connectivity index (χ1n) is 5.54. The van der Waals surface area contributed by atoms with Gasteiger partial charge in [0.25, 0.3) is 0 Å². The Kier molecular flexibility index (Phi) is 3.61. The van der Waals surface area contributed by atoms with Crippen LogP contribution in [0.1, 0.15) is 11.1 Å². The van der Waals surface area contributed by atoms with Crippen molar-refractivity contribution in [2.24, 2.45) is 0 Å². The fourth-order valence-electron chi connectivity index (χ4n) is 1.67. The minimum Gasteiger partial charge on any atom is -0.354 e. The predicted molar refractivity (Wildman–Crippen MR) is 65.8 cm³/mol. The molecule has 0 heterocycles. The quantitative estimate of drug-likeness (QED) is 0.824. The van der Waals surface area contributed by atoms with Crippen LogP contribution in [-0.2, 0) is 6.18 Å². The number of alkyl halides is 3. The molecule has 2 rings (SSSR count). The molecule has 0 bridgehead atoms. The number of halogens is 4. The number of nitrogens with one attached hydrogen (secondary N) is 1. The normalized spacial score (nSPS) is 10.9. The molecule has 0 unspecified atom stereocenters. The summed E-state index contributed by atoms with van der Waals surface area (Å²) < 4.78 is 51.1. The number of anilines is 2. The molecular formula is C14H8F4N2. The third-order valence-electron chi connectivity index (χ3n) is 2.59. The summed E-state index contributed by atoms with van der Waals surface area (Å²) in [4.78, 5) is 0. The molecule has 0 saturated heterocycles. The lowest BCUT2D eigenvalue weighted by molar-refractivity contribution is -0.137. The van der Waals surface area contributed by atoms with Gasteiger partial charge in [0.15, 0.2) is 0 Å². The van der Waals surface area contributed by atoms with E-state index in [0.717, 1.165) is 18.2 Å². The molecular weight excluding hydrogens is 272 g/mol. The van der Waals surface area contributed by atoms with Crippen molar-refractivity contribution < 1.29 is 17.6 Å². The molecule has 20 heavy (non-hydrogen) atoms. The molecule has 0 saturated carbocycles. The molecule has 0 aliphatic rings. The Morgan fingerprint density at radius 3 is 2.40 bits per heavy atom. The lowest BCUT2D eigenvalue weighted by atomic mass is 10.1. The van der Waals surface area contributed by atoms with Crippen LogP contribution in [0.15, 0.2) is 42.5 Å². The minimum atomic E-state index is -4.46. The third kappa shape index (κ3) is 2.88. The summed E-state index contributed by atoms with van der Waals surface area (Å²) in [5, 5.41) is 11.5. The van der Waals surface area contributed by atoms with Crippen LogP contribution < -0.4 is 5.32 Å². The van der Waals surface area contributed by atoms with Crippen LogP contribution in [0.3, 0.4) is 0 Å². The van der Waals surface area contributed by atoms with Gasteiger partial charge in [0.2, 0.25) is 0 Å². The predicted octanol–water partition coefficient (Wildman–Crippen LogP) is 4.46. The summed E-state index contributed by atoms with van der Waals surface area (Å²) in [5.74, 6) is -0.732. The van der Waals surface area contributed by atoms with E-state index < -0.39 is 17.6 Å². The smallest absolute Gasteiger partial charge is 0.354 e. The van der Waals surface area contributed by atoms with Gasteiger partial charge in [-0.25, -0.2) is 4.39 Å². The van der Waals surface area contributed by atoms with E-state index in [1.807, 2.05) is 0 Å². The molecule has 0 radical (unpaired) electrons. The molecule has 0 spiro atoms. The van der Waals surface area contributed by atoms with Crippen molar-refractivity contribution in [3.8, 4) is 6.07 Å². The molecule has 2 aromatic carbocycles. The Balaban J connectivity index is 2.37. The van der Waals surface area contributed by atoms with Crippen LogP contribution in [0, 0.1) is 17.1 Å². The SMILES string of the molecule is N#Cc1c(F)cccc1Nc1cccc(C(F)(F)F)c1. The first-order valence-corrected chi connectivity index (χ1v) is 5.54. The Hall–Kier alpha value is -2.55. The van der Waals surface area contributed by atoms with Crippen LogP contribution in [0.5, 0.6) is 0 Å². The van der Waals surface area contributed by atoms with Gasteiger partial charge in [-0.05, 0) is 30.3 Å². The van der Waals surface area contributed by atoms with Gasteiger partial charge >= 0.3 is 6.18 Å². The van der Waals surface area contributed by atoms with Gasteiger partial charge in [-0.1, -0.05) is 12.1 Å². The second kappa shape index (κ2) is 5.21. The van der Waals surface area contributed by atoms with E-state index in [9.17, 15) is 17.6 Å². The average Bonchev–Trinajstić information content (AvgIpc) is 2.38. The highest BCUT2D eigenvalue weighted by Crippen LogP contribution is 2.32. The second-order valence-electron chi connectivity index (χ2n) is 3.98. The molecule has 0 atom stereocenters. The molecule has 0 aromatic heterocycles. The summed E-state index contributed by atoms with van der Waals surface area (Å²) in [6.45, 7) is 0. The fourth-order valence-corrected chi connectivity index (χ4v) is 1.67. The maximum absolute atomic E-state index is 13.4. The molecule has 0 fully saturated rings. The van der Waals surface area contributed by atoms with Crippen molar-refractivity contribution in [3.05, 3.63) is 59.4 Å². The van der Waals surface area contributed by atoms with E-state index in [4.69, 9.17) is 5.26 Å². The number of nitrogens with zero attached hydrogens (tertiary/aromatic N) is 1. The van der Waals surface area contributed by atoms with Crippen LogP contribution in [0.2, 0.25) is 0 Å². The van der Waals surface area contributed by atoms with E-state index in [2.05, 4.69) is 5.32 Å². The molecule has 6 heteroatoms. The lowest BCUT2D eigenvalue weighted by Crippen LogP contribution is -2.05. The standard InChI is InChI=1S/C14H8F4N2/c15-12-5-2-6-13(11(12)8-19)20-10-4-1-3-9(7-10)14(16,17)18/h1-7,20H. The molecule has 1 N–H and O–H groups in total. The van der Waals surface area contributed by atoms with Crippen molar-refractivity contribution in [2.75, 3.05) is 5.32 Å². The first kappa shape index (κ1) is 13.9. The molecule has 0 aliphatic carbocycles. The molecule has 0 amide bonds. The van der Waals surface area contributed by atoms with Gasteiger partial charge in [-0.2, -0.15) is 18.4 Å². The summed E-state index contributed by atoms with van der Waals surface area (Å²) in [6.07, 6.45) is -4.46. The van der Waals surface area contributed by atoms with E-state index in [1.54, 1.807) is 6.07 Å². The van der Waals surface area contributed by atoms with E-state index in [1.165, 1.54) is 24.3 Å². The molecule has 102 valence electrons. The number of hydrogen-bond acceptors (Lipinski definition) is 2. The highest BCUT2D eigenvalue weighted by Gasteiger charge is 2.30. The Bertz CT molecular complexity index is 672. The monoisotopic (exact) mass is 280 g/mol. The van der Waals surface area contributed by atoms with E-state index in [-0.39, 0.29) is 16.9 Å². The Labute approximate surface area is 112 Å². The summed E-state index contributed by atoms with van der Waals surface area (Å²) in [5.41, 5.74) is -0.823. The van der Waals surface area contributed by atoms with Crippen molar-refractivity contribution in [1.82, 2.24) is 0 Å². The first-order chi connectivity index (χ1) is 9.41. The zero-order valence-electron chi connectivity index (χ0n) is 10.0. The van der Waals surface area contributed by atoms with Crippen molar-refractivity contribution in [1.29, 1.82) is 5.26 Å². The minimum absolute atomic E-state index is 0.117. The Morgan fingerprint density at radius 2 is 1.75 bits per heavy atom. The van der Waals surface area contributed by atoms with Gasteiger partial charge < -0.3 is 5.32 Å². The highest BCUT2D eigenvalue weighted by atomic mass is 19.4. The lowest BCUT2D eigenvalue weighted by Gasteiger charge is -2.11. The third-order valence-corrected chi connectivity index (χ3v) is 2.59. The van der Waals surface area contributed by atoms with E-state index in [0.29, 0.717) is 0 Å². The fraction of sp³-hybridized carbons (Fsp3) is 0.0714. The van der Waals surface area contributed by atoms with Gasteiger partial charge in [0.1, 0.15) is 17.4 Å². The summed E-state index contributed by atoms with van der Waals surface area (Å²) >= 11 is 0. The van der Waals surface area contributed by atoms with Gasteiger partial charge in [0.05, 0.1) is 11.3 Å². The average molecular weight is 280 g/mol. The van der Waals surface area contributed by atoms with Crippen molar-refractivity contribution in [2.45, 2.75) is 6.18 Å². The van der Waals surface area contributed by atoms with E-state index >= 15 is 0 Å². The van der Waals surface area contributed by atoms with Crippen LogP contribution in [-0.4, -0.2) is 0 Å². The topological polar surface area (TPSA) is 35.8 Å². The molecule has 2 nitrogen and oxygen atoms in total. The van der Waals surface area contributed by atoms with Crippen LogP contribution in [0.4, 0.5) is 28.9 Å². The number of rotatable bonds is 2. The van der Waals surface area contributed by atoms with Crippen molar-refractivity contribution >= 4 is 11.4 Å². The zero-order chi connectivity index (χ0) is 14.8. The molecule has 0 aliphatic heterocycles. The maximum Gasteiger partial charge on any atom is 0.416 e. The van der Waals surface area contributed by atoms with Crippen molar-refractivity contribution in [3.63, 3.8) is 0 Å². The zero-order valence-corrected chi connectivity index (χ0v) is 10.0. The number of benzene rings is 2. The van der Waals surface area contributed by atoms with Gasteiger partial charge in [0, 0.05) is 5.69 Å². The van der Waals surface area contributed by atoms with Crippen LogP contribution in [0.25, 0.3) is 0 Å². The number of nitriles is 1. The van der Waals surface area contributed by atoms with Gasteiger partial charge in [-0.15, -0.1) is 0 Å². The van der Waals surface area contributed by atoms with Crippen LogP contribution >= 0.6 is 0 Å². The number of hydrogen-bond donors (Lipinski definition) is 1. The summed E-state index contributed by atoms with van der Waals surface area (Å²) in [7, 11) is 0. The molecule has 2 aromatic rings. The Morgan fingerprint density at radius 1 is 1.05 bits per heavy atom. The highest BCUT2D eigenvalue weighted by molar-refractivity contribution is 5.67. The summed E-state index contributed by atoms with van der Waals surface area (Å²) in [6, 6.07) is 10.0. The van der Waals surface area contributed by atoms with Gasteiger partial charge in [-0.3, -0.25) is 0 Å². The largest absolute Gasteiger partial charge is 0.416 e.